The Hall–Kier alpha value is -2.93. The van der Waals surface area contributed by atoms with Crippen LogP contribution in [0.3, 0.4) is 0 Å². The van der Waals surface area contributed by atoms with Crippen molar-refractivity contribution in [1.82, 2.24) is 4.72 Å². The summed E-state index contributed by atoms with van der Waals surface area (Å²) in [6.07, 6.45) is -0.0966. The van der Waals surface area contributed by atoms with Gasteiger partial charge in [0, 0.05) is 30.2 Å². The molecule has 3 rings (SSSR count). The molecule has 9 nitrogen and oxygen atoms in total. The molecule has 0 aromatic heterocycles. The van der Waals surface area contributed by atoms with E-state index in [1.165, 1.54) is 44.5 Å². The maximum Gasteiger partial charge on any atom is 0.264 e. The summed E-state index contributed by atoms with van der Waals surface area (Å²) < 4.78 is 61.2. The number of anilines is 2. The molecule has 0 aliphatic heterocycles. The maximum atomic E-state index is 13.0. The molecule has 12 heteroatoms. The number of carbonyl (C=O) groups is 1. The van der Waals surface area contributed by atoms with Gasteiger partial charge in [0.05, 0.1) is 22.6 Å². The Morgan fingerprint density at radius 3 is 2.23 bits per heavy atom. The van der Waals surface area contributed by atoms with Crippen LogP contribution in [0.4, 0.5) is 11.4 Å². The van der Waals surface area contributed by atoms with Crippen LogP contribution in [-0.2, 0) is 24.8 Å². The topological polar surface area (TPSA) is 122 Å². The SMILES string of the molecule is COc1ccc(S(=O)(=O)NCCC(=O)Nc2ccc(Br)cc2)cc1N(C)S(=O)(=O)c1ccccc1. The molecule has 0 saturated heterocycles. The lowest BCUT2D eigenvalue weighted by atomic mass is 10.3. The Morgan fingerprint density at radius 1 is 0.943 bits per heavy atom. The van der Waals surface area contributed by atoms with Crippen LogP contribution in [0.5, 0.6) is 5.75 Å². The lowest BCUT2D eigenvalue weighted by molar-refractivity contribution is -0.116. The highest BCUT2D eigenvalue weighted by Crippen LogP contribution is 2.33. The molecule has 0 spiro atoms. The second-order valence-electron chi connectivity index (χ2n) is 7.32. The van der Waals surface area contributed by atoms with Crippen molar-refractivity contribution >= 4 is 53.3 Å². The van der Waals surface area contributed by atoms with E-state index in [2.05, 4.69) is 26.0 Å². The summed E-state index contributed by atoms with van der Waals surface area (Å²) in [5.41, 5.74) is 0.635. The van der Waals surface area contributed by atoms with Gasteiger partial charge in [0.2, 0.25) is 15.9 Å². The Balaban J connectivity index is 1.74. The van der Waals surface area contributed by atoms with Gasteiger partial charge in [0.15, 0.2) is 0 Å². The minimum Gasteiger partial charge on any atom is -0.495 e. The van der Waals surface area contributed by atoms with E-state index in [0.29, 0.717) is 5.69 Å². The molecular weight excluding hydrogens is 558 g/mol. The van der Waals surface area contributed by atoms with Crippen molar-refractivity contribution in [3.05, 3.63) is 77.3 Å². The van der Waals surface area contributed by atoms with Crippen molar-refractivity contribution in [2.75, 3.05) is 30.3 Å². The number of amides is 1. The van der Waals surface area contributed by atoms with Crippen LogP contribution < -0.4 is 19.1 Å². The average Bonchev–Trinajstić information content (AvgIpc) is 2.85. The zero-order chi connectivity index (χ0) is 25.6. The summed E-state index contributed by atoms with van der Waals surface area (Å²) in [5, 5.41) is 2.68. The number of nitrogens with zero attached hydrogens (tertiary/aromatic N) is 1. The molecule has 1 amide bonds. The number of rotatable bonds is 10. The van der Waals surface area contributed by atoms with E-state index >= 15 is 0 Å². The quantitative estimate of drug-likeness (QED) is 0.377. The fraction of sp³-hybridized carbons (Fsp3) is 0.174. The molecule has 3 aromatic carbocycles. The van der Waals surface area contributed by atoms with Gasteiger partial charge in [0.25, 0.3) is 10.0 Å². The lowest BCUT2D eigenvalue weighted by Crippen LogP contribution is -2.29. The second-order valence-corrected chi connectivity index (χ2v) is 12.0. The Kier molecular flexibility index (Phi) is 8.54. The van der Waals surface area contributed by atoms with Crippen molar-refractivity contribution in [3.63, 3.8) is 0 Å². The third-order valence-corrected chi connectivity index (χ3v) is 8.75. The summed E-state index contributed by atoms with van der Waals surface area (Å²) in [5.74, 6) is -0.182. The number of methoxy groups -OCH3 is 1. The van der Waals surface area contributed by atoms with Crippen molar-refractivity contribution in [2.24, 2.45) is 0 Å². The van der Waals surface area contributed by atoms with Crippen LogP contribution in [-0.4, -0.2) is 43.4 Å². The van der Waals surface area contributed by atoms with Gasteiger partial charge < -0.3 is 10.1 Å². The van der Waals surface area contributed by atoms with E-state index < -0.39 is 20.0 Å². The van der Waals surface area contributed by atoms with Crippen LogP contribution in [0.2, 0.25) is 0 Å². The number of sulfonamides is 2. The zero-order valence-corrected chi connectivity index (χ0v) is 22.2. The molecule has 0 aliphatic rings. The first kappa shape index (κ1) is 26.7. The van der Waals surface area contributed by atoms with Crippen molar-refractivity contribution in [3.8, 4) is 5.75 Å². The van der Waals surface area contributed by atoms with Gasteiger partial charge in [-0.25, -0.2) is 21.6 Å². The van der Waals surface area contributed by atoms with Crippen LogP contribution in [0.15, 0.2) is 87.1 Å². The van der Waals surface area contributed by atoms with Crippen LogP contribution >= 0.6 is 15.9 Å². The van der Waals surface area contributed by atoms with Gasteiger partial charge in [-0.15, -0.1) is 0 Å². The van der Waals surface area contributed by atoms with E-state index in [-0.39, 0.29) is 40.1 Å². The van der Waals surface area contributed by atoms with E-state index in [9.17, 15) is 21.6 Å². The smallest absolute Gasteiger partial charge is 0.264 e. The van der Waals surface area contributed by atoms with Crippen LogP contribution in [0.1, 0.15) is 6.42 Å². The minimum absolute atomic E-state index is 0.0483. The number of hydrogen-bond acceptors (Lipinski definition) is 6. The van der Waals surface area contributed by atoms with Crippen molar-refractivity contribution < 1.29 is 26.4 Å². The van der Waals surface area contributed by atoms with E-state index in [0.717, 1.165) is 8.78 Å². The summed E-state index contributed by atoms with van der Waals surface area (Å²) in [6, 6.07) is 18.6. The largest absolute Gasteiger partial charge is 0.495 e. The predicted octanol–water partition coefficient (Wildman–Crippen LogP) is 3.59. The van der Waals surface area contributed by atoms with E-state index in [1.807, 2.05) is 0 Å². The monoisotopic (exact) mass is 581 g/mol. The third-order valence-electron chi connectivity index (χ3n) is 4.97. The molecule has 35 heavy (non-hydrogen) atoms. The second kappa shape index (κ2) is 11.2. The zero-order valence-electron chi connectivity index (χ0n) is 18.9. The number of benzene rings is 3. The van der Waals surface area contributed by atoms with Crippen molar-refractivity contribution in [1.29, 1.82) is 0 Å². The number of carbonyl (C=O) groups excluding carboxylic acids is 1. The van der Waals surface area contributed by atoms with Gasteiger partial charge in [-0.2, -0.15) is 0 Å². The summed E-state index contributed by atoms with van der Waals surface area (Å²) >= 11 is 3.31. The molecule has 0 fully saturated rings. The number of nitrogens with one attached hydrogen (secondary N) is 2. The molecule has 3 aromatic rings. The molecule has 0 atom stereocenters. The first-order chi connectivity index (χ1) is 16.5. The molecule has 0 unspecified atom stereocenters. The molecule has 0 bridgehead atoms. The fourth-order valence-corrected chi connectivity index (χ4v) is 5.64. The number of halogens is 1. The Labute approximate surface area is 213 Å². The Bertz CT molecular complexity index is 1400. The van der Waals surface area contributed by atoms with Gasteiger partial charge in [-0.1, -0.05) is 34.1 Å². The van der Waals surface area contributed by atoms with Gasteiger partial charge in [-0.3, -0.25) is 9.10 Å². The lowest BCUT2D eigenvalue weighted by Gasteiger charge is -2.22. The summed E-state index contributed by atoms with van der Waals surface area (Å²) in [4.78, 5) is 12.0. The normalized spacial score (nSPS) is 11.6. The van der Waals surface area contributed by atoms with E-state index in [1.54, 1.807) is 42.5 Å². The number of ether oxygens (including phenoxy) is 1. The first-order valence-electron chi connectivity index (χ1n) is 10.3. The molecule has 0 heterocycles. The standard InChI is InChI=1S/C23H24BrN3O6S2/c1-27(35(31,32)19-6-4-3-5-7-19)21-16-20(12-13-22(21)33-2)34(29,30)25-15-14-23(28)26-18-10-8-17(24)9-11-18/h3-13,16,25H,14-15H2,1-2H3,(H,26,28). The Morgan fingerprint density at radius 2 is 1.60 bits per heavy atom. The molecule has 0 aliphatic carbocycles. The van der Waals surface area contributed by atoms with Crippen LogP contribution in [0.25, 0.3) is 0 Å². The van der Waals surface area contributed by atoms with Gasteiger partial charge >= 0.3 is 0 Å². The maximum absolute atomic E-state index is 13.0. The van der Waals surface area contributed by atoms with Crippen molar-refractivity contribution in [2.45, 2.75) is 16.2 Å². The summed E-state index contributed by atoms with van der Waals surface area (Å²) in [7, 11) is -5.33. The minimum atomic E-state index is -4.04. The number of hydrogen-bond donors (Lipinski definition) is 2. The molecule has 0 radical (unpaired) electrons. The predicted molar refractivity (Wildman–Crippen MR) is 138 cm³/mol. The highest BCUT2D eigenvalue weighted by molar-refractivity contribution is 9.10. The average molecular weight is 582 g/mol. The highest BCUT2D eigenvalue weighted by Gasteiger charge is 2.26. The third kappa shape index (κ3) is 6.60. The molecular formula is C23H24BrN3O6S2. The fourth-order valence-electron chi connectivity index (χ4n) is 3.10. The van der Waals surface area contributed by atoms with Crippen LogP contribution in [0, 0.1) is 0 Å². The first-order valence-corrected chi connectivity index (χ1v) is 14.0. The molecule has 2 N–H and O–H groups in total. The molecule has 0 saturated carbocycles. The summed E-state index contributed by atoms with van der Waals surface area (Å²) in [6.45, 7) is -0.149. The van der Waals surface area contributed by atoms with Gasteiger partial charge in [-0.05, 0) is 54.6 Å². The highest BCUT2D eigenvalue weighted by atomic mass is 79.9. The van der Waals surface area contributed by atoms with E-state index in [4.69, 9.17) is 4.74 Å². The molecule has 186 valence electrons. The van der Waals surface area contributed by atoms with Gasteiger partial charge in [0.1, 0.15) is 5.75 Å².